The largest absolute Gasteiger partial charge is 0.497 e. The molecule has 1 aromatic heterocycles. The maximum atomic E-state index is 12.2. The number of pyridine rings is 1. The number of hydrogen-bond acceptors (Lipinski definition) is 4. The van der Waals surface area contributed by atoms with E-state index in [1.165, 1.54) is 0 Å². The summed E-state index contributed by atoms with van der Waals surface area (Å²) in [4.78, 5) is 16.3. The smallest absolute Gasteiger partial charge is 0.253 e. The number of hydrogen-bond donors (Lipinski definition) is 2. The Labute approximate surface area is 130 Å². The zero-order valence-electron chi connectivity index (χ0n) is 13.3. The molecule has 2 rings (SSSR count). The maximum Gasteiger partial charge on any atom is 0.253 e. The van der Waals surface area contributed by atoms with Gasteiger partial charge in [-0.15, -0.1) is 0 Å². The molecule has 5 heteroatoms. The number of nitrogens with zero attached hydrogens (tertiary/aromatic N) is 1. The van der Waals surface area contributed by atoms with Crippen molar-refractivity contribution < 1.29 is 9.53 Å². The van der Waals surface area contributed by atoms with Gasteiger partial charge in [-0.25, -0.2) is 0 Å². The first-order valence-electron chi connectivity index (χ1n) is 7.06. The average molecular weight is 299 g/mol. The highest BCUT2D eigenvalue weighted by atomic mass is 16.5. The van der Waals surface area contributed by atoms with Crippen molar-refractivity contribution in [2.24, 2.45) is 0 Å². The van der Waals surface area contributed by atoms with Crippen LogP contribution in [0.2, 0.25) is 0 Å². The summed E-state index contributed by atoms with van der Waals surface area (Å²) in [5.74, 6) is 0.619. The summed E-state index contributed by atoms with van der Waals surface area (Å²) in [5.41, 5.74) is 1.85. The fourth-order valence-corrected chi connectivity index (χ4v) is 1.91. The number of aromatic nitrogens is 1. The molecule has 2 N–H and O–H groups in total. The van der Waals surface area contributed by atoms with Gasteiger partial charge in [-0.3, -0.25) is 9.78 Å². The van der Waals surface area contributed by atoms with E-state index in [2.05, 4.69) is 15.6 Å². The first-order chi connectivity index (χ1) is 10.4. The maximum absolute atomic E-state index is 12.2. The summed E-state index contributed by atoms with van der Waals surface area (Å²) in [7, 11) is 1.62. The Balaban J connectivity index is 2.16. The molecule has 22 heavy (non-hydrogen) atoms. The van der Waals surface area contributed by atoms with Crippen LogP contribution < -0.4 is 15.4 Å². The molecule has 0 bridgehead atoms. The number of carbonyl (C=O) groups is 1. The van der Waals surface area contributed by atoms with E-state index in [-0.39, 0.29) is 11.4 Å². The highest BCUT2D eigenvalue weighted by molar-refractivity contribution is 5.95. The Bertz CT molecular complexity index is 663. The molecular formula is C17H21N3O2. The lowest BCUT2D eigenvalue weighted by Gasteiger charge is -2.20. The fraction of sp³-hybridized carbons (Fsp3) is 0.294. The molecule has 0 unspecified atom stereocenters. The van der Waals surface area contributed by atoms with E-state index in [1.807, 2.05) is 45.0 Å². The number of rotatable bonds is 4. The molecule has 0 aliphatic heterocycles. The van der Waals surface area contributed by atoms with Gasteiger partial charge in [0.15, 0.2) is 0 Å². The quantitative estimate of drug-likeness (QED) is 0.908. The van der Waals surface area contributed by atoms with Crippen LogP contribution in [0.25, 0.3) is 0 Å². The monoisotopic (exact) mass is 299 g/mol. The molecule has 1 heterocycles. The molecule has 0 aliphatic carbocycles. The van der Waals surface area contributed by atoms with Crippen LogP contribution in [-0.2, 0) is 0 Å². The zero-order chi connectivity index (χ0) is 16.2. The van der Waals surface area contributed by atoms with Gasteiger partial charge in [0.05, 0.1) is 24.6 Å². The lowest BCUT2D eigenvalue weighted by atomic mass is 10.1. The van der Waals surface area contributed by atoms with E-state index in [9.17, 15) is 4.79 Å². The highest BCUT2D eigenvalue weighted by Gasteiger charge is 2.15. The van der Waals surface area contributed by atoms with Gasteiger partial charge in [-0.1, -0.05) is 6.07 Å². The van der Waals surface area contributed by atoms with E-state index in [0.29, 0.717) is 5.56 Å². The lowest BCUT2D eigenvalue weighted by molar-refractivity contribution is 0.0919. The van der Waals surface area contributed by atoms with E-state index >= 15 is 0 Å². The van der Waals surface area contributed by atoms with Crippen molar-refractivity contribution in [2.75, 3.05) is 12.4 Å². The Kier molecular flexibility index (Phi) is 4.65. The van der Waals surface area contributed by atoms with Crippen LogP contribution in [0.1, 0.15) is 31.1 Å². The van der Waals surface area contributed by atoms with Gasteiger partial charge in [0, 0.05) is 23.5 Å². The summed E-state index contributed by atoms with van der Waals surface area (Å²) >= 11 is 0. The molecule has 0 aliphatic rings. The Morgan fingerprint density at radius 2 is 1.91 bits per heavy atom. The van der Waals surface area contributed by atoms with Crippen LogP contribution >= 0.6 is 0 Å². The first-order valence-corrected chi connectivity index (χ1v) is 7.06. The Morgan fingerprint density at radius 3 is 2.59 bits per heavy atom. The minimum absolute atomic E-state index is 0.144. The third kappa shape index (κ3) is 4.48. The van der Waals surface area contributed by atoms with Crippen LogP contribution in [0, 0.1) is 0 Å². The molecule has 0 saturated carbocycles. The molecule has 0 atom stereocenters. The van der Waals surface area contributed by atoms with Crippen LogP contribution in [0.3, 0.4) is 0 Å². The van der Waals surface area contributed by atoms with E-state index in [0.717, 1.165) is 17.1 Å². The van der Waals surface area contributed by atoms with Crippen molar-refractivity contribution in [1.29, 1.82) is 0 Å². The molecule has 116 valence electrons. The average Bonchev–Trinajstić information content (AvgIpc) is 2.46. The van der Waals surface area contributed by atoms with Crippen LogP contribution in [-0.4, -0.2) is 23.5 Å². The Morgan fingerprint density at radius 1 is 1.14 bits per heavy atom. The molecule has 0 spiro atoms. The van der Waals surface area contributed by atoms with Gasteiger partial charge < -0.3 is 15.4 Å². The third-order valence-electron chi connectivity index (χ3n) is 2.85. The highest BCUT2D eigenvalue weighted by Crippen LogP contribution is 2.21. The summed E-state index contributed by atoms with van der Waals surface area (Å²) in [5, 5.41) is 6.13. The minimum Gasteiger partial charge on any atom is -0.497 e. The SMILES string of the molecule is COc1cccc(Nc2cncc(C(=O)NC(C)(C)C)c2)c1. The van der Waals surface area contributed by atoms with Crippen molar-refractivity contribution in [1.82, 2.24) is 10.3 Å². The molecule has 5 nitrogen and oxygen atoms in total. The predicted octanol–water partition coefficient (Wildman–Crippen LogP) is 3.36. The number of carbonyl (C=O) groups excluding carboxylic acids is 1. The van der Waals surface area contributed by atoms with Gasteiger partial charge in [0.2, 0.25) is 0 Å². The van der Waals surface area contributed by atoms with Crippen molar-refractivity contribution >= 4 is 17.3 Å². The second-order valence-electron chi connectivity index (χ2n) is 6.02. The number of ether oxygens (including phenoxy) is 1. The van der Waals surface area contributed by atoms with E-state index < -0.39 is 0 Å². The molecule has 1 aromatic carbocycles. The van der Waals surface area contributed by atoms with Gasteiger partial charge >= 0.3 is 0 Å². The molecule has 0 radical (unpaired) electrons. The molecule has 0 fully saturated rings. The third-order valence-corrected chi connectivity index (χ3v) is 2.85. The zero-order valence-corrected chi connectivity index (χ0v) is 13.3. The standard InChI is InChI=1S/C17H21N3O2/c1-17(2,3)20-16(21)12-8-14(11-18-10-12)19-13-6-5-7-15(9-13)22-4/h5-11,19H,1-4H3,(H,20,21). The summed E-state index contributed by atoms with van der Waals surface area (Å²) in [6, 6.07) is 9.33. The van der Waals surface area contributed by atoms with Gasteiger partial charge in [-0.2, -0.15) is 0 Å². The molecule has 0 saturated heterocycles. The number of amides is 1. The van der Waals surface area contributed by atoms with Crippen molar-refractivity contribution in [2.45, 2.75) is 26.3 Å². The Hall–Kier alpha value is -2.56. The number of benzene rings is 1. The van der Waals surface area contributed by atoms with E-state index in [4.69, 9.17) is 4.74 Å². The van der Waals surface area contributed by atoms with E-state index in [1.54, 1.807) is 25.6 Å². The van der Waals surface area contributed by atoms with Gasteiger partial charge in [-0.05, 0) is 39.0 Å². The number of anilines is 2. The molecule has 1 amide bonds. The molecular weight excluding hydrogens is 278 g/mol. The molecule has 2 aromatic rings. The van der Waals surface area contributed by atoms with Crippen LogP contribution in [0.5, 0.6) is 5.75 Å². The van der Waals surface area contributed by atoms with Crippen LogP contribution in [0.4, 0.5) is 11.4 Å². The first kappa shape index (κ1) is 15.8. The topological polar surface area (TPSA) is 63.2 Å². The summed E-state index contributed by atoms with van der Waals surface area (Å²) < 4.78 is 5.19. The fourth-order valence-electron chi connectivity index (χ4n) is 1.91. The number of methoxy groups -OCH3 is 1. The van der Waals surface area contributed by atoms with Crippen LogP contribution in [0.15, 0.2) is 42.7 Å². The second-order valence-corrected chi connectivity index (χ2v) is 6.02. The van der Waals surface area contributed by atoms with Crippen molar-refractivity contribution in [3.63, 3.8) is 0 Å². The van der Waals surface area contributed by atoms with Crippen molar-refractivity contribution in [3.8, 4) is 5.75 Å². The predicted molar refractivity (Wildman–Crippen MR) is 87.7 cm³/mol. The van der Waals surface area contributed by atoms with Crippen molar-refractivity contribution in [3.05, 3.63) is 48.3 Å². The summed E-state index contributed by atoms with van der Waals surface area (Å²) in [6.07, 6.45) is 3.23. The second kappa shape index (κ2) is 6.47. The van der Waals surface area contributed by atoms with Gasteiger partial charge in [0.1, 0.15) is 5.75 Å². The number of nitrogens with one attached hydrogen (secondary N) is 2. The van der Waals surface area contributed by atoms with Gasteiger partial charge in [0.25, 0.3) is 5.91 Å². The lowest BCUT2D eigenvalue weighted by Crippen LogP contribution is -2.40. The minimum atomic E-state index is -0.284. The normalized spacial score (nSPS) is 10.9. The summed E-state index contributed by atoms with van der Waals surface area (Å²) in [6.45, 7) is 5.82.